The lowest BCUT2D eigenvalue weighted by Gasteiger charge is -2.28. The van der Waals surface area contributed by atoms with Crippen molar-refractivity contribution in [3.05, 3.63) is 34.9 Å². The molecule has 1 aromatic carbocycles. The fourth-order valence-corrected chi connectivity index (χ4v) is 4.55. The number of unbranched alkanes of at least 4 members (excludes halogenated alkanes) is 2. The number of halogens is 1. The predicted molar refractivity (Wildman–Crippen MR) is 108 cm³/mol. The lowest BCUT2D eigenvalue weighted by atomic mass is 10.1. The Labute approximate surface area is 165 Å². The Balaban J connectivity index is 2.18. The largest absolute Gasteiger partial charge is 0.464 e. The van der Waals surface area contributed by atoms with Crippen LogP contribution in [0.4, 0.5) is 0 Å². The van der Waals surface area contributed by atoms with Gasteiger partial charge in [-0.15, -0.1) is 11.8 Å². The van der Waals surface area contributed by atoms with E-state index in [4.69, 9.17) is 16.3 Å². The third-order valence-corrected chi connectivity index (χ3v) is 5.88. The van der Waals surface area contributed by atoms with Crippen LogP contribution in [0.15, 0.2) is 24.3 Å². The molecule has 1 amide bonds. The number of esters is 1. The quantitative estimate of drug-likeness (QED) is 0.457. The SMILES string of the molecule is CCCCCC1SCC(C(=O)OCC(C)C)N1C(=O)c1cccc(Cl)c1. The summed E-state index contributed by atoms with van der Waals surface area (Å²) in [6.07, 6.45) is 4.18. The van der Waals surface area contributed by atoms with Gasteiger partial charge >= 0.3 is 5.97 Å². The molecule has 0 aromatic heterocycles. The maximum absolute atomic E-state index is 13.1. The first-order valence-corrected chi connectivity index (χ1v) is 10.7. The van der Waals surface area contributed by atoms with Gasteiger partial charge in [-0.1, -0.05) is 57.7 Å². The van der Waals surface area contributed by atoms with Gasteiger partial charge in [0, 0.05) is 16.3 Å². The molecule has 2 unspecified atom stereocenters. The number of nitrogens with zero attached hydrogens (tertiary/aromatic N) is 1. The van der Waals surface area contributed by atoms with Crippen LogP contribution in [0.2, 0.25) is 5.02 Å². The predicted octanol–water partition coefficient (Wildman–Crippen LogP) is 5.00. The highest BCUT2D eigenvalue weighted by atomic mass is 35.5. The van der Waals surface area contributed by atoms with E-state index in [1.807, 2.05) is 13.8 Å². The molecule has 1 aromatic rings. The second-order valence-electron chi connectivity index (χ2n) is 7.05. The van der Waals surface area contributed by atoms with Crippen LogP contribution in [0.1, 0.15) is 56.8 Å². The van der Waals surface area contributed by atoms with Crippen LogP contribution in [0.25, 0.3) is 0 Å². The van der Waals surface area contributed by atoms with E-state index in [0.29, 0.717) is 22.9 Å². The number of amides is 1. The van der Waals surface area contributed by atoms with Gasteiger partial charge in [0.2, 0.25) is 0 Å². The van der Waals surface area contributed by atoms with E-state index in [-0.39, 0.29) is 23.2 Å². The number of carbonyl (C=O) groups excluding carboxylic acids is 2. The van der Waals surface area contributed by atoms with Gasteiger partial charge in [0.1, 0.15) is 6.04 Å². The van der Waals surface area contributed by atoms with Crippen LogP contribution in [0.3, 0.4) is 0 Å². The zero-order valence-electron chi connectivity index (χ0n) is 15.7. The van der Waals surface area contributed by atoms with E-state index in [9.17, 15) is 9.59 Å². The third kappa shape index (κ3) is 5.65. The van der Waals surface area contributed by atoms with E-state index in [0.717, 1.165) is 25.7 Å². The van der Waals surface area contributed by atoms with Crippen LogP contribution in [0.5, 0.6) is 0 Å². The van der Waals surface area contributed by atoms with E-state index >= 15 is 0 Å². The van der Waals surface area contributed by atoms with Crippen molar-refractivity contribution in [1.82, 2.24) is 4.90 Å². The maximum Gasteiger partial charge on any atom is 0.329 e. The number of benzene rings is 1. The average molecular weight is 398 g/mol. The Bertz CT molecular complexity index is 623. The Hall–Kier alpha value is -1.20. The van der Waals surface area contributed by atoms with Gasteiger partial charge in [0.15, 0.2) is 0 Å². The summed E-state index contributed by atoms with van der Waals surface area (Å²) in [5.41, 5.74) is 0.516. The van der Waals surface area contributed by atoms with E-state index in [1.165, 1.54) is 0 Å². The molecule has 1 aliphatic rings. The zero-order chi connectivity index (χ0) is 19.1. The van der Waals surface area contributed by atoms with Gasteiger partial charge in [-0.25, -0.2) is 4.79 Å². The monoisotopic (exact) mass is 397 g/mol. The van der Waals surface area contributed by atoms with Crippen LogP contribution >= 0.6 is 23.4 Å². The van der Waals surface area contributed by atoms with Crippen molar-refractivity contribution in [2.75, 3.05) is 12.4 Å². The molecule has 144 valence electrons. The summed E-state index contributed by atoms with van der Waals surface area (Å²) in [5.74, 6) is 0.399. The summed E-state index contributed by atoms with van der Waals surface area (Å²) in [6.45, 7) is 6.53. The van der Waals surface area contributed by atoms with Crippen molar-refractivity contribution in [3.8, 4) is 0 Å². The molecule has 2 atom stereocenters. The summed E-state index contributed by atoms with van der Waals surface area (Å²) in [7, 11) is 0. The second kappa shape index (κ2) is 10.2. The molecule has 4 nitrogen and oxygen atoms in total. The molecular formula is C20H28ClNO3S. The van der Waals surface area contributed by atoms with Gasteiger partial charge in [-0.2, -0.15) is 0 Å². The van der Waals surface area contributed by atoms with Crippen molar-refractivity contribution in [1.29, 1.82) is 0 Å². The van der Waals surface area contributed by atoms with Crippen LogP contribution < -0.4 is 0 Å². The molecule has 0 N–H and O–H groups in total. The first-order chi connectivity index (χ1) is 12.4. The molecule has 0 saturated carbocycles. The molecule has 26 heavy (non-hydrogen) atoms. The van der Waals surface area contributed by atoms with Crippen molar-refractivity contribution in [3.63, 3.8) is 0 Å². The first-order valence-electron chi connectivity index (χ1n) is 9.30. The number of ether oxygens (including phenoxy) is 1. The molecule has 0 aliphatic carbocycles. The molecule has 1 aliphatic heterocycles. The summed E-state index contributed by atoms with van der Waals surface area (Å²) in [6, 6.07) is 6.38. The van der Waals surface area contributed by atoms with Gasteiger partial charge in [-0.05, 0) is 30.5 Å². The standard InChI is InChI=1S/C20H28ClNO3S/c1-4-5-6-10-18-22(19(23)15-8-7-9-16(21)11-15)17(13-26-18)20(24)25-12-14(2)3/h7-9,11,14,17-18H,4-6,10,12-13H2,1-3H3. The van der Waals surface area contributed by atoms with Crippen LogP contribution in [0, 0.1) is 5.92 Å². The fraction of sp³-hybridized carbons (Fsp3) is 0.600. The topological polar surface area (TPSA) is 46.6 Å². The smallest absolute Gasteiger partial charge is 0.329 e. The van der Waals surface area contributed by atoms with Gasteiger partial charge < -0.3 is 9.64 Å². The van der Waals surface area contributed by atoms with Crippen LogP contribution in [-0.2, 0) is 9.53 Å². The Morgan fingerprint density at radius 3 is 2.77 bits per heavy atom. The lowest BCUT2D eigenvalue weighted by Crippen LogP contribution is -2.46. The molecule has 0 spiro atoms. The second-order valence-corrected chi connectivity index (χ2v) is 8.69. The number of hydrogen-bond acceptors (Lipinski definition) is 4. The minimum atomic E-state index is -0.531. The van der Waals surface area contributed by atoms with Crippen molar-refractivity contribution in [2.45, 2.75) is 57.9 Å². The number of rotatable bonds is 8. The van der Waals surface area contributed by atoms with Gasteiger partial charge in [0.25, 0.3) is 5.91 Å². The molecule has 0 bridgehead atoms. The first kappa shape index (κ1) is 21.1. The molecule has 6 heteroatoms. The van der Waals surface area contributed by atoms with E-state index in [1.54, 1.807) is 40.9 Å². The summed E-state index contributed by atoms with van der Waals surface area (Å²) < 4.78 is 5.43. The highest BCUT2D eigenvalue weighted by Gasteiger charge is 2.42. The average Bonchev–Trinajstić information content (AvgIpc) is 3.03. The minimum Gasteiger partial charge on any atom is -0.464 e. The molecule has 1 saturated heterocycles. The Kier molecular flexibility index (Phi) is 8.29. The molecular weight excluding hydrogens is 370 g/mol. The number of thioether (sulfide) groups is 1. The molecule has 1 heterocycles. The summed E-state index contributed by atoms with van der Waals surface area (Å²) in [5, 5.41) is 0.522. The third-order valence-electron chi connectivity index (χ3n) is 4.28. The van der Waals surface area contributed by atoms with Gasteiger partial charge in [0.05, 0.1) is 12.0 Å². The van der Waals surface area contributed by atoms with Crippen LogP contribution in [-0.4, -0.2) is 40.6 Å². The molecule has 1 fully saturated rings. The maximum atomic E-state index is 13.1. The van der Waals surface area contributed by atoms with Gasteiger partial charge in [-0.3, -0.25) is 4.79 Å². The van der Waals surface area contributed by atoms with Crippen molar-refractivity contribution < 1.29 is 14.3 Å². The number of hydrogen-bond donors (Lipinski definition) is 0. The summed E-state index contributed by atoms with van der Waals surface area (Å²) >= 11 is 7.72. The molecule has 2 rings (SSSR count). The normalized spacial score (nSPS) is 19.8. The molecule has 0 radical (unpaired) electrons. The highest BCUT2D eigenvalue weighted by Crippen LogP contribution is 2.34. The van der Waals surface area contributed by atoms with E-state index < -0.39 is 6.04 Å². The van der Waals surface area contributed by atoms with Crippen molar-refractivity contribution >= 4 is 35.2 Å². The zero-order valence-corrected chi connectivity index (χ0v) is 17.3. The summed E-state index contributed by atoms with van der Waals surface area (Å²) in [4.78, 5) is 27.4. The number of carbonyl (C=O) groups is 2. The fourth-order valence-electron chi connectivity index (χ4n) is 2.92. The Morgan fingerprint density at radius 1 is 1.35 bits per heavy atom. The highest BCUT2D eigenvalue weighted by molar-refractivity contribution is 8.00. The lowest BCUT2D eigenvalue weighted by molar-refractivity contribution is -0.149. The van der Waals surface area contributed by atoms with E-state index in [2.05, 4.69) is 6.92 Å². The minimum absolute atomic E-state index is 0.00429. The Morgan fingerprint density at radius 2 is 2.12 bits per heavy atom. The van der Waals surface area contributed by atoms with Crippen molar-refractivity contribution in [2.24, 2.45) is 5.92 Å².